The van der Waals surface area contributed by atoms with E-state index < -0.39 is 0 Å². The molecule has 4 aromatic rings. The topological polar surface area (TPSA) is 81.0 Å². The summed E-state index contributed by atoms with van der Waals surface area (Å²) in [5.74, 6) is 0.643. The highest BCUT2D eigenvalue weighted by Crippen LogP contribution is 2.24. The molecule has 6 heteroatoms. The van der Waals surface area contributed by atoms with Gasteiger partial charge < -0.3 is 9.15 Å². The molecule has 0 aliphatic carbocycles. The predicted molar refractivity (Wildman–Crippen MR) is 92.4 cm³/mol. The molecule has 0 fully saturated rings. The van der Waals surface area contributed by atoms with Gasteiger partial charge in [0, 0.05) is 5.39 Å². The predicted octanol–water partition coefficient (Wildman–Crippen LogP) is 3.09. The zero-order chi connectivity index (χ0) is 17.2. The fourth-order valence-corrected chi connectivity index (χ4v) is 2.66. The van der Waals surface area contributed by atoms with E-state index in [1.165, 1.54) is 10.9 Å². The molecule has 0 amide bonds. The fourth-order valence-electron chi connectivity index (χ4n) is 2.66. The van der Waals surface area contributed by atoms with Gasteiger partial charge in [-0.3, -0.25) is 9.36 Å². The Balaban J connectivity index is 1.55. The van der Waals surface area contributed by atoms with Crippen LogP contribution in [0.25, 0.3) is 22.1 Å². The van der Waals surface area contributed by atoms with Crippen molar-refractivity contribution in [2.75, 3.05) is 6.61 Å². The molecule has 122 valence electrons. The van der Waals surface area contributed by atoms with Crippen molar-refractivity contribution in [1.29, 1.82) is 5.26 Å². The van der Waals surface area contributed by atoms with E-state index in [0.717, 1.165) is 5.39 Å². The molecule has 0 radical (unpaired) electrons. The Bertz CT molecular complexity index is 1150. The molecule has 0 saturated heterocycles. The average molecular weight is 331 g/mol. The van der Waals surface area contributed by atoms with Crippen LogP contribution in [0.4, 0.5) is 0 Å². The largest absolute Gasteiger partial charge is 0.492 e. The maximum atomic E-state index is 12.6. The number of para-hydroxylation sites is 1. The van der Waals surface area contributed by atoms with Crippen LogP contribution in [0.1, 0.15) is 5.56 Å². The maximum absolute atomic E-state index is 12.6. The third kappa shape index (κ3) is 2.72. The summed E-state index contributed by atoms with van der Waals surface area (Å²) >= 11 is 0. The van der Waals surface area contributed by atoms with Crippen LogP contribution >= 0.6 is 0 Å². The monoisotopic (exact) mass is 331 g/mol. The van der Waals surface area contributed by atoms with Crippen LogP contribution in [0.5, 0.6) is 5.75 Å². The van der Waals surface area contributed by atoms with Gasteiger partial charge >= 0.3 is 0 Å². The number of nitriles is 1. The zero-order valence-electron chi connectivity index (χ0n) is 13.2. The smallest absolute Gasteiger partial charge is 0.297 e. The van der Waals surface area contributed by atoms with Crippen molar-refractivity contribution >= 4 is 22.1 Å². The van der Waals surface area contributed by atoms with E-state index >= 15 is 0 Å². The van der Waals surface area contributed by atoms with Crippen molar-refractivity contribution in [3.8, 4) is 11.8 Å². The Kier molecular flexibility index (Phi) is 3.67. The van der Waals surface area contributed by atoms with Gasteiger partial charge in [0.1, 0.15) is 23.5 Å². The molecule has 0 aliphatic heterocycles. The maximum Gasteiger partial charge on any atom is 0.297 e. The summed E-state index contributed by atoms with van der Waals surface area (Å²) in [5.41, 5.74) is 1.81. The summed E-state index contributed by atoms with van der Waals surface area (Å²) in [6.07, 6.45) is 1.51. The SMILES string of the molecule is N#Cc1ccc(OCCn2cnc3c(oc4ccccc43)c2=O)cc1. The lowest BCUT2D eigenvalue weighted by Gasteiger charge is -2.07. The van der Waals surface area contributed by atoms with E-state index in [4.69, 9.17) is 14.4 Å². The molecule has 6 nitrogen and oxygen atoms in total. The lowest BCUT2D eigenvalue weighted by Crippen LogP contribution is -2.23. The third-order valence-electron chi connectivity index (χ3n) is 3.93. The lowest BCUT2D eigenvalue weighted by molar-refractivity contribution is 0.295. The van der Waals surface area contributed by atoms with Crippen molar-refractivity contribution in [2.45, 2.75) is 6.54 Å². The summed E-state index contributed by atoms with van der Waals surface area (Å²) in [6.45, 7) is 0.651. The van der Waals surface area contributed by atoms with Crippen LogP contribution in [0.3, 0.4) is 0 Å². The van der Waals surface area contributed by atoms with Crippen LogP contribution < -0.4 is 10.3 Å². The van der Waals surface area contributed by atoms with Gasteiger partial charge in [-0.15, -0.1) is 0 Å². The first-order chi connectivity index (χ1) is 12.3. The van der Waals surface area contributed by atoms with Crippen molar-refractivity contribution in [3.05, 3.63) is 70.8 Å². The van der Waals surface area contributed by atoms with Gasteiger partial charge in [-0.05, 0) is 36.4 Å². The van der Waals surface area contributed by atoms with Crippen LogP contribution in [0.15, 0.2) is 64.1 Å². The highest BCUT2D eigenvalue weighted by molar-refractivity contribution is 6.01. The molecule has 2 aromatic carbocycles. The Morgan fingerprint density at radius 1 is 1.16 bits per heavy atom. The quantitative estimate of drug-likeness (QED) is 0.574. The van der Waals surface area contributed by atoms with Gasteiger partial charge in [0.15, 0.2) is 0 Å². The number of fused-ring (bicyclic) bond motifs is 3. The van der Waals surface area contributed by atoms with Gasteiger partial charge in [0.05, 0.1) is 24.5 Å². The number of nitrogens with zero attached hydrogens (tertiary/aromatic N) is 3. The second-order valence-corrected chi connectivity index (χ2v) is 5.50. The first-order valence-corrected chi connectivity index (χ1v) is 7.76. The van der Waals surface area contributed by atoms with E-state index in [2.05, 4.69) is 11.1 Å². The summed E-state index contributed by atoms with van der Waals surface area (Å²) in [4.78, 5) is 16.9. The highest BCUT2D eigenvalue weighted by atomic mass is 16.5. The molecule has 2 aromatic heterocycles. The molecule has 0 bridgehead atoms. The number of benzene rings is 2. The molecule has 0 unspecified atom stereocenters. The van der Waals surface area contributed by atoms with Crippen molar-refractivity contribution in [1.82, 2.24) is 9.55 Å². The first kappa shape index (κ1) is 15.0. The average Bonchev–Trinajstić information content (AvgIpc) is 3.04. The van der Waals surface area contributed by atoms with Crippen LogP contribution in [0, 0.1) is 11.3 Å². The number of furan rings is 1. The van der Waals surface area contributed by atoms with Crippen LogP contribution in [0.2, 0.25) is 0 Å². The minimum atomic E-state index is -0.232. The van der Waals surface area contributed by atoms with Crippen LogP contribution in [-0.2, 0) is 6.54 Å². The summed E-state index contributed by atoms with van der Waals surface area (Å²) in [6, 6.07) is 16.3. The number of hydrogen-bond donors (Lipinski definition) is 0. The lowest BCUT2D eigenvalue weighted by atomic mass is 10.2. The van der Waals surface area contributed by atoms with E-state index in [9.17, 15) is 4.79 Å². The first-order valence-electron chi connectivity index (χ1n) is 7.76. The summed E-state index contributed by atoms with van der Waals surface area (Å²) in [5, 5.41) is 9.61. The molecular formula is C19H13N3O3. The summed E-state index contributed by atoms with van der Waals surface area (Å²) < 4.78 is 12.7. The number of aromatic nitrogens is 2. The zero-order valence-corrected chi connectivity index (χ0v) is 13.2. The van der Waals surface area contributed by atoms with Crippen molar-refractivity contribution < 1.29 is 9.15 Å². The van der Waals surface area contributed by atoms with E-state index in [1.807, 2.05) is 24.3 Å². The second kappa shape index (κ2) is 6.13. The number of hydrogen-bond acceptors (Lipinski definition) is 5. The Hall–Kier alpha value is -3.59. The van der Waals surface area contributed by atoms with E-state index in [-0.39, 0.29) is 11.1 Å². The highest BCUT2D eigenvalue weighted by Gasteiger charge is 2.12. The van der Waals surface area contributed by atoms with Crippen molar-refractivity contribution in [2.24, 2.45) is 0 Å². The number of rotatable bonds is 4. The molecule has 0 atom stereocenters. The second-order valence-electron chi connectivity index (χ2n) is 5.50. The van der Waals surface area contributed by atoms with Gasteiger partial charge in [0.25, 0.3) is 5.56 Å². The van der Waals surface area contributed by atoms with E-state index in [0.29, 0.717) is 35.6 Å². The molecule has 2 heterocycles. The molecular weight excluding hydrogens is 318 g/mol. The fraction of sp³-hybridized carbons (Fsp3) is 0.105. The van der Waals surface area contributed by atoms with Gasteiger partial charge in [-0.25, -0.2) is 4.98 Å². The molecule has 4 rings (SSSR count). The van der Waals surface area contributed by atoms with Crippen LogP contribution in [-0.4, -0.2) is 16.2 Å². The number of ether oxygens (including phenoxy) is 1. The Morgan fingerprint density at radius 2 is 1.96 bits per heavy atom. The minimum absolute atomic E-state index is 0.232. The van der Waals surface area contributed by atoms with E-state index in [1.54, 1.807) is 24.3 Å². The van der Waals surface area contributed by atoms with Gasteiger partial charge in [-0.1, -0.05) is 12.1 Å². The molecule has 0 saturated carbocycles. The standard InChI is InChI=1S/C19H13N3O3/c20-11-13-5-7-14(8-6-13)24-10-9-22-12-21-17-15-3-1-2-4-16(15)25-18(17)19(22)23/h1-8,12H,9-10H2. The normalized spacial score (nSPS) is 10.8. The molecule has 0 N–H and O–H groups in total. The molecule has 25 heavy (non-hydrogen) atoms. The molecule has 0 aliphatic rings. The Morgan fingerprint density at radius 3 is 2.76 bits per heavy atom. The third-order valence-corrected chi connectivity index (χ3v) is 3.93. The van der Waals surface area contributed by atoms with Gasteiger partial charge in [0.2, 0.25) is 5.58 Å². The summed E-state index contributed by atoms with van der Waals surface area (Å²) in [7, 11) is 0. The Labute approximate surface area is 142 Å². The van der Waals surface area contributed by atoms with Gasteiger partial charge in [-0.2, -0.15) is 5.26 Å². The minimum Gasteiger partial charge on any atom is -0.492 e. The van der Waals surface area contributed by atoms with Crippen molar-refractivity contribution in [3.63, 3.8) is 0 Å². The molecule has 0 spiro atoms.